The molecular weight excluding hydrogens is 578 g/mol. The third-order valence-corrected chi connectivity index (χ3v) is 5.71. The molecule has 1 heterocycles. The summed E-state index contributed by atoms with van der Waals surface area (Å²) in [4.78, 5) is 38.5. The highest BCUT2D eigenvalue weighted by molar-refractivity contribution is 9.10. The monoisotopic (exact) mass is 606 g/mol. The van der Waals surface area contributed by atoms with Crippen LogP contribution in [-0.2, 0) is 20.9 Å². The van der Waals surface area contributed by atoms with Crippen molar-refractivity contribution in [1.82, 2.24) is 9.99 Å². The molecule has 3 aromatic rings. The van der Waals surface area contributed by atoms with E-state index in [0.29, 0.717) is 17.1 Å². The summed E-state index contributed by atoms with van der Waals surface area (Å²) in [6.07, 6.45) is 0.703. The number of carbonyl (C=O) groups is 3. The van der Waals surface area contributed by atoms with E-state index < -0.39 is 41.2 Å². The van der Waals surface area contributed by atoms with Gasteiger partial charge in [-0.1, -0.05) is 30.3 Å². The van der Waals surface area contributed by atoms with Crippen molar-refractivity contribution < 1.29 is 32.6 Å². The van der Waals surface area contributed by atoms with E-state index in [9.17, 15) is 23.2 Å². The van der Waals surface area contributed by atoms with E-state index in [1.54, 1.807) is 20.8 Å². The fraction of sp³-hybridized carbons (Fsp3) is 0.296. The maximum atomic E-state index is 13.6. The zero-order valence-corrected chi connectivity index (χ0v) is 23.2. The van der Waals surface area contributed by atoms with Crippen LogP contribution in [0.2, 0.25) is 0 Å². The van der Waals surface area contributed by atoms with Crippen molar-refractivity contribution in [3.8, 4) is 0 Å². The van der Waals surface area contributed by atoms with Gasteiger partial charge in [0.1, 0.15) is 29.0 Å². The Hall–Kier alpha value is -3.77. The van der Waals surface area contributed by atoms with Crippen LogP contribution in [0.3, 0.4) is 0 Å². The standard InChI is InChI=1S/C27H29BrF2N4O5/c1-27(2,3)39-26(37)32-22(10-12-38-16-17-7-5-4-6-8-17)24(35)33-34-11-9-21(28)23(34)25(36)31-20-14-18(29)13-19(30)15-20/h4-9,11,13-15,22H,10,12,16H2,1-3H3,(H,31,36)(H,32,37)(H,33,35). The van der Waals surface area contributed by atoms with E-state index >= 15 is 0 Å². The molecule has 0 radical (unpaired) electrons. The zero-order chi connectivity index (χ0) is 28.6. The summed E-state index contributed by atoms with van der Waals surface area (Å²) < 4.78 is 39.5. The molecule has 1 aromatic heterocycles. The minimum atomic E-state index is -1.08. The van der Waals surface area contributed by atoms with E-state index in [1.807, 2.05) is 30.3 Å². The first-order valence-electron chi connectivity index (χ1n) is 12.0. The lowest BCUT2D eigenvalue weighted by Crippen LogP contribution is -2.48. The number of anilines is 1. The van der Waals surface area contributed by atoms with Crippen molar-refractivity contribution in [3.63, 3.8) is 0 Å². The highest BCUT2D eigenvalue weighted by Gasteiger charge is 2.26. The van der Waals surface area contributed by atoms with E-state index in [2.05, 4.69) is 32.0 Å². The molecule has 3 N–H and O–H groups in total. The lowest BCUT2D eigenvalue weighted by Gasteiger charge is -2.24. The normalized spacial score (nSPS) is 11.9. The Morgan fingerprint density at radius 2 is 1.69 bits per heavy atom. The topological polar surface area (TPSA) is 111 Å². The molecule has 39 heavy (non-hydrogen) atoms. The van der Waals surface area contributed by atoms with Crippen molar-refractivity contribution in [2.24, 2.45) is 0 Å². The molecule has 0 saturated heterocycles. The number of benzene rings is 2. The van der Waals surface area contributed by atoms with Gasteiger partial charge < -0.3 is 20.1 Å². The summed E-state index contributed by atoms with van der Waals surface area (Å²) in [5.74, 6) is -3.13. The van der Waals surface area contributed by atoms with Gasteiger partial charge in [-0.15, -0.1) is 0 Å². The highest BCUT2D eigenvalue weighted by Crippen LogP contribution is 2.20. The lowest BCUT2D eigenvalue weighted by molar-refractivity contribution is -0.119. The van der Waals surface area contributed by atoms with Crippen LogP contribution in [0.1, 0.15) is 43.2 Å². The molecule has 0 bridgehead atoms. The molecule has 0 fully saturated rings. The first-order chi connectivity index (χ1) is 18.4. The minimum absolute atomic E-state index is 0.0515. The van der Waals surface area contributed by atoms with Gasteiger partial charge in [-0.3, -0.25) is 19.7 Å². The quantitative estimate of drug-likeness (QED) is 0.269. The highest BCUT2D eigenvalue weighted by atomic mass is 79.9. The second kappa shape index (κ2) is 13.3. The molecule has 3 rings (SSSR count). The molecule has 208 valence electrons. The fourth-order valence-electron chi connectivity index (χ4n) is 3.42. The number of carbonyl (C=O) groups excluding carboxylic acids is 3. The van der Waals surface area contributed by atoms with Crippen molar-refractivity contribution in [2.75, 3.05) is 17.3 Å². The maximum Gasteiger partial charge on any atom is 0.408 e. The second-order valence-electron chi connectivity index (χ2n) is 9.50. The molecule has 1 unspecified atom stereocenters. The van der Waals surface area contributed by atoms with Gasteiger partial charge in [0, 0.05) is 31.0 Å². The first-order valence-corrected chi connectivity index (χ1v) is 12.8. The molecule has 0 aliphatic rings. The number of nitrogens with one attached hydrogen (secondary N) is 3. The smallest absolute Gasteiger partial charge is 0.408 e. The molecule has 9 nitrogen and oxygen atoms in total. The Labute approximate surface area is 233 Å². The number of hydrogen-bond donors (Lipinski definition) is 3. The molecule has 12 heteroatoms. The number of halogens is 3. The molecule has 0 spiro atoms. The predicted octanol–water partition coefficient (Wildman–Crippen LogP) is 5.35. The number of alkyl carbamates (subject to hydrolysis) is 1. The summed E-state index contributed by atoms with van der Waals surface area (Å²) >= 11 is 3.24. The molecule has 0 saturated carbocycles. The van der Waals surface area contributed by atoms with Crippen LogP contribution in [0, 0.1) is 11.6 Å². The predicted molar refractivity (Wildman–Crippen MR) is 145 cm³/mol. The summed E-state index contributed by atoms with van der Waals surface area (Å²) in [7, 11) is 0. The third kappa shape index (κ3) is 9.48. The van der Waals surface area contributed by atoms with Crippen LogP contribution in [0.4, 0.5) is 19.3 Å². The molecule has 2 aromatic carbocycles. The van der Waals surface area contributed by atoms with E-state index in [-0.39, 0.29) is 24.4 Å². The van der Waals surface area contributed by atoms with Gasteiger partial charge in [-0.2, -0.15) is 0 Å². The SMILES string of the molecule is CC(C)(C)OC(=O)NC(CCOCc1ccccc1)C(=O)Nn1ccc(Br)c1C(=O)Nc1cc(F)cc(F)c1. The molecule has 3 amide bonds. The van der Waals surface area contributed by atoms with Gasteiger partial charge >= 0.3 is 6.09 Å². The largest absolute Gasteiger partial charge is 0.444 e. The molecule has 0 aliphatic carbocycles. The van der Waals surface area contributed by atoms with Crippen molar-refractivity contribution >= 4 is 39.5 Å². The van der Waals surface area contributed by atoms with Gasteiger partial charge in [-0.25, -0.2) is 13.6 Å². The summed E-state index contributed by atoms with van der Waals surface area (Å²) in [6, 6.07) is 12.5. The van der Waals surface area contributed by atoms with Gasteiger partial charge in [-0.05, 0) is 60.5 Å². The van der Waals surface area contributed by atoms with Crippen LogP contribution in [0.15, 0.2) is 65.3 Å². The molecular formula is C27H29BrF2N4O5. The number of nitrogens with zero attached hydrogens (tertiary/aromatic N) is 1. The Morgan fingerprint density at radius 3 is 2.33 bits per heavy atom. The van der Waals surface area contributed by atoms with Crippen molar-refractivity contribution in [1.29, 1.82) is 0 Å². The van der Waals surface area contributed by atoms with Crippen LogP contribution < -0.4 is 16.1 Å². The van der Waals surface area contributed by atoms with E-state index in [1.165, 1.54) is 12.3 Å². The third-order valence-electron chi connectivity index (χ3n) is 5.07. The second-order valence-corrected chi connectivity index (χ2v) is 10.4. The van der Waals surface area contributed by atoms with Crippen LogP contribution in [-0.4, -0.2) is 40.8 Å². The Bertz CT molecular complexity index is 1290. The Morgan fingerprint density at radius 1 is 1.03 bits per heavy atom. The number of hydrogen-bond acceptors (Lipinski definition) is 5. The zero-order valence-electron chi connectivity index (χ0n) is 21.6. The number of ether oxygens (including phenoxy) is 2. The summed E-state index contributed by atoms with van der Waals surface area (Å²) in [5, 5.41) is 4.93. The van der Waals surface area contributed by atoms with Crippen LogP contribution in [0.25, 0.3) is 0 Å². The Balaban J connectivity index is 1.71. The Kier molecular flexibility index (Phi) is 10.2. The van der Waals surface area contributed by atoms with E-state index in [4.69, 9.17) is 9.47 Å². The number of amides is 3. The minimum Gasteiger partial charge on any atom is -0.444 e. The fourth-order valence-corrected chi connectivity index (χ4v) is 3.91. The van der Waals surface area contributed by atoms with Crippen molar-refractivity contribution in [2.45, 2.75) is 45.4 Å². The lowest BCUT2D eigenvalue weighted by atomic mass is 10.2. The van der Waals surface area contributed by atoms with Gasteiger partial charge in [0.2, 0.25) is 0 Å². The average molecular weight is 607 g/mol. The van der Waals surface area contributed by atoms with Crippen molar-refractivity contribution in [3.05, 3.63) is 88.2 Å². The average Bonchev–Trinajstić information content (AvgIpc) is 3.19. The van der Waals surface area contributed by atoms with Gasteiger partial charge in [0.25, 0.3) is 11.8 Å². The maximum absolute atomic E-state index is 13.6. The molecule has 1 atom stereocenters. The number of rotatable bonds is 10. The van der Waals surface area contributed by atoms with E-state index in [0.717, 1.165) is 22.4 Å². The summed E-state index contributed by atoms with van der Waals surface area (Å²) in [6.45, 7) is 5.53. The summed E-state index contributed by atoms with van der Waals surface area (Å²) in [5.41, 5.74) is 2.56. The van der Waals surface area contributed by atoms with Crippen LogP contribution >= 0.6 is 15.9 Å². The van der Waals surface area contributed by atoms with Gasteiger partial charge in [0.15, 0.2) is 0 Å². The number of aromatic nitrogens is 1. The first kappa shape index (κ1) is 29.8. The van der Waals surface area contributed by atoms with Gasteiger partial charge in [0.05, 0.1) is 11.1 Å². The molecule has 0 aliphatic heterocycles. The van der Waals surface area contributed by atoms with Crippen LogP contribution in [0.5, 0.6) is 0 Å².